The van der Waals surface area contributed by atoms with E-state index >= 15 is 0 Å². The summed E-state index contributed by atoms with van der Waals surface area (Å²) in [7, 11) is 0. The number of rotatable bonds is 2. The standard InChI is InChI=1S/C20H21FN4/c1-13-11-25(12-14(2)22-13)20-18-6-4-3-5-17(18)19(23-24-20)15-7-9-16(21)10-8-15/h3-10,13-14,22H,11-12H2,1-2H3/t13-,14+. The Morgan fingerprint density at radius 2 is 1.56 bits per heavy atom. The Labute approximate surface area is 146 Å². The van der Waals surface area contributed by atoms with E-state index in [2.05, 4.69) is 46.4 Å². The molecule has 2 atom stereocenters. The second kappa shape index (κ2) is 6.41. The Hall–Kier alpha value is -2.53. The van der Waals surface area contributed by atoms with Gasteiger partial charge in [0.2, 0.25) is 0 Å². The fraction of sp³-hybridized carbons (Fsp3) is 0.300. The molecule has 0 saturated carbocycles. The van der Waals surface area contributed by atoms with Crippen LogP contribution in [0, 0.1) is 5.82 Å². The van der Waals surface area contributed by atoms with Gasteiger partial charge in [0.25, 0.3) is 0 Å². The van der Waals surface area contributed by atoms with Crippen LogP contribution >= 0.6 is 0 Å². The van der Waals surface area contributed by atoms with Crippen LogP contribution in [0.2, 0.25) is 0 Å². The van der Waals surface area contributed by atoms with Crippen LogP contribution in [0.5, 0.6) is 0 Å². The maximum Gasteiger partial charge on any atom is 0.159 e. The second-order valence-electron chi connectivity index (χ2n) is 6.80. The lowest BCUT2D eigenvalue weighted by Gasteiger charge is -2.37. The fourth-order valence-corrected chi connectivity index (χ4v) is 3.64. The molecule has 0 amide bonds. The minimum atomic E-state index is -0.249. The van der Waals surface area contributed by atoms with Gasteiger partial charge in [-0.2, -0.15) is 0 Å². The molecule has 1 aromatic heterocycles. The molecular weight excluding hydrogens is 315 g/mol. The summed E-state index contributed by atoms with van der Waals surface area (Å²) in [6, 6.07) is 15.4. The van der Waals surface area contributed by atoms with Gasteiger partial charge in [-0.05, 0) is 38.1 Å². The van der Waals surface area contributed by atoms with Crippen molar-refractivity contribution in [2.75, 3.05) is 18.0 Å². The van der Waals surface area contributed by atoms with E-state index in [1.807, 2.05) is 12.1 Å². The number of hydrogen-bond acceptors (Lipinski definition) is 4. The first-order valence-corrected chi connectivity index (χ1v) is 8.64. The van der Waals surface area contributed by atoms with Crippen molar-refractivity contribution in [1.82, 2.24) is 15.5 Å². The largest absolute Gasteiger partial charge is 0.352 e. The molecule has 3 aromatic rings. The molecule has 0 unspecified atom stereocenters. The molecule has 0 bridgehead atoms. The van der Waals surface area contributed by atoms with Gasteiger partial charge in [0.05, 0.1) is 0 Å². The minimum absolute atomic E-state index is 0.249. The molecule has 25 heavy (non-hydrogen) atoms. The molecule has 128 valence electrons. The van der Waals surface area contributed by atoms with E-state index in [0.717, 1.165) is 40.9 Å². The van der Waals surface area contributed by atoms with Crippen molar-refractivity contribution in [2.24, 2.45) is 0 Å². The Morgan fingerprint density at radius 1 is 0.920 bits per heavy atom. The van der Waals surface area contributed by atoms with Crippen molar-refractivity contribution < 1.29 is 4.39 Å². The van der Waals surface area contributed by atoms with E-state index in [9.17, 15) is 4.39 Å². The van der Waals surface area contributed by atoms with Crippen LogP contribution in [-0.2, 0) is 0 Å². The predicted molar refractivity (Wildman–Crippen MR) is 99.2 cm³/mol. The van der Waals surface area contributed by atoms with Gasteiger partial charge in [-0.3, -0.25) is 0 Å². The van der Waals surface area contributed by atoms with E-state index < -0.39 is 0 Å². The number of benzene rings is 2. The van der Waals surface area contributed by atoms with Crippen LogP contribution in [0.25, 0.3) is 22.0 Å². The highest BCUT2D eigenvalue weighted by Gasteiger charge is 2.24. The summed E-state index contributed by atoms with van der Waals surface area (Å²) in [6.07, 6.45) is 0. The van der Waals surface area contributed by atoms with Crippen LogP contribution < -0.4 is 10.2 Å². The second-order valence-corrected chi connectivity index (χ2v) is 6.80. The molecule has 5 heteroatoms. The summed E-state index contributed by atoms with van der Waals surface area (Å²) in [5, 5.41) is 14.7. The zero-order valence-electron chi connectivity index (χ0n) is 14.4. The molecule has 0 aliphatic carbocycles. The maximum atomic E-state index is 13.2. The van der Waals surface area contributed by atoms with E-state index in [1.54, 1.807) is 12.1 Å². The van der Waals surface area contributed by atoms with Gasteiger partial charge in [0.1, 0.15) is 11.5 Å². The Morgan fingerprint density at radius 3 is 2.24 bits per heavy atom. The summed E-state index contributed by atoms with van der Waals surface area (Å²) < 4.78 is 13.2. The number of hydrogen-bond donors (Lipinski definition) is 1. The normalized spacial score (nSPS) is 20.8. The predicted octanol–water partition coefficient (Wildman–Crippen LogP) is 3.62. The molecule has 4 rings (SSSR count). The minimum Gasteiger partial charge on any atom is -0.352 e. The summed E-state index contributed by atoms with van der Waals surface area (Å²) in [6.45, 7) is 6.17. The molecule has 1 N–H and O–H groups in total. The molecule has 0 radical (unpaired) electrons. The lowest BCUT2D eigenvalue weighted by Crippen LogP contribution is -2.54. The van der Waals surface area contributed by atoms with Crippen molar-refractivity contribution >= 4 is 16.6 Å². The third kappa shape index (κ3) is 3.07. The third-order valence-corrected chi connectivity index (χ3v) is 4.64. The Balaban J connectivity index is 1.83. The van der Waals surface area contributed by atoms with Gasteiger partial charge < -0.3 is 10.2 Å². The van der Waals surface area contributed by atoms with Crippen molar-refractivity contribution in [3.8, 4) is 11.3 Å². The zero-order valence-corrected chi connectivity index (χ0v) is 14.4. The van der Waals surface area contributed by atoms with Gasteiger partial charge in [0, 0.05) is 41.5 Å². The molecule has 4 nitrogen and oxygen atoms in total. The number of aromatic nitrogens is 2. The third-order valence-electron chi connectivity index (χ3n) is 4.64. The lowest BCUT2D eigenvalue weighted by atomic mass is 10.0. The molecule has 2 heterocycles. The smallest absolute Gasteiger partial charge is 0.159 e. The van der Waals surface area contributed by atoms with Crippen LogP contribution in [0.15, 0.2) is 48.5 Å². The van der Waals surface area contributed by atoms with Gasteiger partial charge in [-0.1, -0.05) is 24.3 Å². The Kier molecular flexibility index (Phi) is 4.09. The highest BCUT2D eigenvalue weighted by Crippen LogP contribution is 2.32. The molecular formula is C20H21FN4. The van der Waals surface area contributed by atoms with Crippen LogP contribution in [0.1, 0.15) is 13.8 Å². The molecule has 1 aliphatic heterocycles. The van der Waals surface area contributed by atoms with Crippen molar-refractivity contribution in [1.29, 1.82) is 0 Å². The van der Waals surface area contributed by atoms with Crippen molar-refractivity contribution in [3.05, 3.63) is 54.3 Å². The van der Waals surface area contributed by atoms with Crippen LogP contribution in [0.3, 0.4) is 0 Å². The van der Waals surface area contributed by atoms with E-state index in [-0.39, 0.29) is 5.82 Å². The average Bonchev–Trinajstić information content (AvgIpc) is 2.61. The summed E-state index contributed by atoms with van der Waals surface area (Å²) in [4.78, 5) is 2.30. The lowest BCUT2D eigenvalue weighted by molar-refractivity contribution is 0.405. The maximum absolute atomic E-state index is 13.2. The fourth-order valence-electron chi connectivity index (χ4n) is 3.64. The number of nitrogens with one attached hydrogen (secondary N) is 1. The van der Waals surface area contributed by atoms with E-state index in [4.69, 9.17) is 0 Å². The monoisotopic (exact) mass is 336 g/mol. The summed E-state index contributed by atoms with van der Waals surface area (Å²) >= 11 is 0. The van der Waals surface area contributed by atoms with Crippen LogP contribution in [-0.4, -0.2) is 35.4 Å². The molecule has 1 saturated heterocycles. The van der Waals surface area contributed by atoms with E-state index in [0.29, 0.717) is 12.1 Å². The first-order valence-electron chi connectivity index (χ1n) is 8.64. The highest BCUT2D eigenvalue weighted by atomic mass is 19.1. The van der Waals surface area contributed by atoms with E-state index in [1.165, 1.54) is 12.1 Å². The van der Waals surface area contributed by atoms with Crippen molar-refractivity contribution in [2.45, 2.75) is 25.9 Å². The van der Waals surface area contributed by atoms with Gasteiger partial charge >= 0.3 is 0 Å². The molecule has 0 spiro atoms. The summed E-state index contributed by atoms with van der Waals surface area (Å²) in [5.74, 6) is 0.670. The van der Waals surface area contributed by atoms with Gasteiger partial charge in [-0.15, -0.1) is 10.2 Å². The highest BCUT2D eigenvalue weighted by molar-refractivity contribution is 6.00. The van der Waals surface area contributed by atoms with Crippen LogP contribution in [0.4, 0.5) is 10.2 Å². The number of nitrogens with zero attached hydrogens (tertiary/aromatic N) is 3. The zero-order chi connectivity index (χ0) is 17.4. The Bertz CT molecular complexity index is 884. The quantitative estimate of drug-likeness (QED) is 0.776. The molecule has 2 aromatic carbocycles. The SMILES string of the molecule is C[C@@H]1CN(c2nnc(-c3ccc(F)cc3)c3ccccc23)C[C@H](C)N1. The molecule has 1 fully saturated rings. The topological polar surface area (TPSA) is 41.1 Å². The molecule has 1 aliphatic rings. The number of anilines is 1. The number of piperazine rings is 1. The first kappa shape index (κ1) is 16.0. The van der Waals surface area contributed by atoms with Gasteiger partial charge in [-0.25, -0.2) is 4.39 Å². The average molecular weight is 336 g/mol. The summed E-state index contributed by atoms with van der Waals surface area (Å²) in [5.41, 5.74) is 1.66. The number of halogens is 1. The number of fused-ring (bicyclic) bond motifs is 1. The first-order chi connectivity index (χ1) is 12.1. The van der Waals surface area contributed by atoms with Crippen molar-refractivity contribution in [3.63, 3.8) is 0 Å². The van der Waals surface area contributed by atoms with Gasteiger partial charge in [0.15, 0.2) is 5.82 Å².